The van der Waals surface area contributed by atoms with Crippen LogP contribution in [0, 0.1) is 5.41 Å². The zero-order valence-corrected chi connectivity index (χ0v) is 11.6. The predicted octanol–water partition coefficient (Wildman–Crippen LogP) is 2.04. The molecular formula is C16H19NO3. The second-order valence-electron chi connectivity index (χ2n) is 5.90. The Morgan fingerprint density at radius 2 is 2.15 bits per heavy atom. The fraction of sp³-hybridized carbons (Fsp3) is 0.500. The molecule has 4 nitrogen and oxygen atoms in total. The molecule has 1 heterocycles. The average Bonchev–Trinajstić information content (AvgIpc) is 2.86. The third kappa shape index (κ3) is 1.82. The highest BCUT2D eigenvalue weighted by Crippen LogP contribution is 2.40. The summed E-state index contributed by atoms with van der Waals surface area (Å²) >= 11 is 0. The summed E-state index contributed by atoms with van der Waals surface area (Å²) in [7, 11) is 0. The van der Waals surface area contributed by atoms with Crippen molar-refractivity contribution in [2.24, 2.45) is 5.41 Å². The number of carbonyl (C=O) groups is 2. The molecule has 4 heteroatoms. The quantitative estimate of drug-likeness (QED) is 0.917. The van der Waals surface area contributed by atoms with Gasteiger partial charge in [-0.05, 0) is 30.4 Å². The number of carboxylic acids is 1. The van der Waals surface area contributed by atoms with Gasteiger partial charge in [0.1, 0.15) is 0 Å². The lowest BCUT2D eigenvalue weighted by Crippen LogP contribution is -2.41. The second-order valence-corrected chi connectivity index (χ2v) is 5.90. The summed E-state index contributed by atoms with van der Waals surface area (Å²) in [5.74, 6) is -0.739. The van der Waals surface area contributed by atoms with Gasteiger partial charge in [-0.2, -0.15) is 0 Å². The fourth-order valence-corrected chi connectivity index (χ4v) is 3.37. The lowest BCUT2D eigenvalue weighted by molar-refractivity contribution is -0.148. The van der Waals surface area contributed by atoms with Crippen LogP contribution in [0.1, 0.15) is 36.8 Å². The van der Waals surface area contributed by atoms with Crippen LogP contribution in [-0.2, 0) is 16.0 Å². The Morgan fingerprint density at radius 3 is 2.75 bits per heavy atom. The van der Waals surface area contributed by atoms with Crippen molar-refractivity contribution in [3.05, 3.63) is 35.4 Å². The molecule has 106 valence electrons. The number of aliphatic carboxylic acids is 1. The molecule has 1 aromatic rings. The number of rotatable bonds is 3. The zero-order chi connectivity index (χ0) is 14.3. The third-order valence-electron chi connectivity index (χ3n) is 4.95. The zero-order valence-electron chi connectivity index (χ0n) is 11.6. The van der Waals surface area contributed by atoms with Gasteiger partial charge in [-0.3, -0.25) is 9.59 Å². The van der Waals surface area contributed by atoms with Crippen molar-refractivity contribution < 1.29 is 14.7 Å². The molecule has 2 unspecified atom stereocenters. The van der Waals surface area contributed by atoms with Crippen LogP contribution in [0.2, 0.25) is 0 Å². The lowest BCUT2D eigenvalue weighted by Gasteiger charge is -2.33. The van der Waals surface area contributed by atoms with Crippen LogP contribution in [0.4, 0.5) is 0 Å². The Balaban J connectivity index is 1.74. The highest BCUT2D eigenvalue weighted by atomic mass is 16.4. The minimum absolute atomic E-state index is 0.0624. The predicted molar refractivity (Wildman–Crippen MR) is 74.4 cm³/mol. The first-order valence-electron chi connectivity index (χ1n) is 7.17. The van der Waals surface area contributed by atoms with Gasteiger partial charge in [0.2, 0.25) is 5.91 Å². The maximum atomic E-state index is 12.5. The highest BCUT2D eigenvalue weighted by molar-refractivity contribution is 5.88. The highest BCUT2D eigenvalue weighted by Gasteiger charge is 2.46. The van der Waals surface area contributed by atoms with E-state index in [0.717, 1.165) is 12.0 Å². The SMILES string of the molecule is CCC1(C(=O)O)CCN(C(=O)C2Cc3ccccc32)C1. The van der Waals surface area contributed by atoms with E-state index in [2.05, 4.69) is 6.07 Å². The summed E-state index contributed by atoms with van der Waals surface area (Å²) in [6, 6.07) is 8.00. The topological polar surface area (TPSA) is 57.6 Å². The molecule has 0 saturated carbocycles. The molecule has 2 aliphatic rings. The van der Waals surface area contributed by atoms with Crippen LogP contribution in [0.5, 0.6) is 0 Å². The maximum Gasteiger partial charge on any atom is 0.311 e. The van der Waals surface area contributed by atoms with Crippen molar-refractivity contribution in [2.45, 2.75) is 32.1 Å². The van der Waals surface area contributed by atoms with Crippen LogP contribution in [-0.4, -0.2) is 35.0 Å². The first-order valence-corrected chi connectivity index (χ1v) is 7.17. The molecule has 3 rings (SSSR count). The number of carboxylic acid groups (broad SMARTS) is 1. The molecule has 1 aliphatic heterocycles. The first kappa shape index (κ1) is 13.2. The third-order valence-corrected chi connectivity index (χ3v) is 4.95. The van der Waals surface area contributed by atoms with Crippen molar-refractivity contribution >= 4 is 11.9 Å². The lowest BCUT2D eigenvalue weighted by atomic mass is 9.77. The number of benzene rings is 1. The Bertz CT molecular complexity index is 569. The Labute approximate surface area is 118 Å². The van der Waals surface area contributed by atoms with Crippen LogP contribution in [0.3, 0.4) is 0 Å². The summed E-state index contributed by atoms with van der Waals surface area (Å²) in [5, 5.41) is 9.39. The molecule has 0 spiro atoms. The van der Waals surface area contributed by atoms with Gasteiger partial charge in [-0.15, -0.1) is 0 Å². The molecule has 1 amide bonds. The monoisotopic (exact) mass is 273 g/mol. The minimum Gasteiger partial charge on any atom is -0.481 e. The average molecular weight is 273 g/mol. The number of hydrogen-bond acceptors (Lipinski definition) is 2. The molecule has 1 fully saturated rings. The van der Waals surface area contributed by atoms with E-state index in [1.807, 2.05) is 25.1 Å². The summed E-state index contributed by atoms with van der Waals surface area (Å²) < 4.78 is 0. The Kier molecular flexibility index (Phi) is 3.04. The van der Waals surface area contributed by atoms with Gasteiger partial charge >= 0.3 is 5.97 Å². The van der Waals surface area contributed by atoms with Crippen LogP contribution in [0.15, 0.2) is 24.3 Å². The minimum atomic E-state index is -0.774. The number of likely N-dealkylation sites (tertiary alicyclic amines) is 1. The van der Waals surface area contributed by atoms with Gasteiger partial charge in [0, 0.05) is 13.1 Å². The van der Waals surface area contributed by atoms with E-state index in [9.17, 15) is 14.7 Å². The van der Waals surface area contributed by atoms with Crippen LogP contribution >= 0.6 is 0 Å². The molecule has 0 bridgehead atoms. The van der Waals surface area contributed by atoms with Crippen molar-refractivity contribution in [3.8, 4) is 0 Å². The maximum absolute atomic E-state index is 12.5. The molecule has 20 heavy (non-hydrogen) atoms. The van der Waals surface area contributed by atoms with Gasteiger partial charge < -0.3 is 10.0 Å². The molecule has 1 aliphatic carbocycles. The van der Waals surface area contributed by atoms with Gasteiger partial charge in [0.15, 0.2) is 0 Å². The molecule has 0 aromatic heterocycles. The second kappa shape index (κ2) is 4.62. The molecule has 1 N–H and O–H groups in total. The summed E-state index contributed by atoms with van der Waals surface area (Å²) in [6.45, 7) is 2.81. The largest absolute Gasteiger partial charge is 0.481 e. The number of carbonyl (C=O) groups excluding carboxylic acids is 1. The van der Waals surface area contributed by atoms with Crippen LogP contribution < -0.4 is 0 Å². The van der Waals surface area contributed by atoms with Crippen molar-refractivity contribution in [2.75, 3.05) is 13.1 Å². The van der Waals surface area contributed by atoms with E-state index >= 15 is 0 Å². The summed E-state index contributed by atoms with van der Waals surface area (Å²) in [6.07, 6.45) is 1.93. The Hall–Kier alpha value is -1.84. The molecular weight excluding hydrogens is 254 g/mol. The number of hydrogen-bond donors (Lipinski definition) is 1. The van der Waals surface area contributed by atoms with E-state index in [1.165, 1.54) is 5.56 Å². The molecule has 1 aromatic carbocycles. The number of amides is 1. The summed E-state index contributed by atoms with van der Waals surface area (Å²) in [5.41, 5.74) is 1.62. The van der Waals surface area contributed by atoms with Gasteiger partial charge in [-0.25, -0.2) is 0 Å². The van der Waals surface area contributed by atoms with Crippen LogP contribution in [0.25, 0.3) is 0 Å². The van der Waals surface area contributed by atoms with E-state index in [-0.39, 0.29) is 11.8 Å². The van der Waals surface area contributed by atoms with Gasteiger partial charge in [0.05, 0.1) is 11.3 Å². The Morgan fingerprint density at radius 1 is 1.40 bits per heavy atom. The number of nitrogens with zero attached hydrogens (tertiary/aromatic N) is 1. The number of fused-ring (bicyclic) bond motifs is 1. The van der Waals surface area contributed by atoms with E-state index in [1.54, 1.807) is 4.90 Å². The summed E-state index contributed by atoms with van der Waals surface area (Å²) in [4.78, 5) is 25.7. The molecule has 0 radical (unpaired) electrons. The fourth-order valence-electron chi connectivity index (χ4n) is 3.37. The smallest absolute Gasteiger partial charge is 0.311 e. The normalized spacial score (nSPS) is 27.9. The van der Waals surface area contributed by atoms with Gasteiger partial charge in [0.25, 0.3) is 0 Å². The van der Waals surface area contributed by atoms with E-state index in [4.69, 9.17) is 0 Å². The molecule has 2 atom stereocenters. The van der Waals surface area contributed by atoms with Crippen molar-refractivity contribution in [1.29, 1.82) is 0 Å². The standard InChI is InChI=1S/C16H19NO3/c1-2-16(15(19)20)7-8-17(10-16)14(18)13-9-11-5-3-4-6-12(11)13/h3-6,13H,2,7-10H2,1H3,(H,19,20). The van der Waals surface area contributed by atoms with E-state index < -0.39 is 11.4 Å². The molecule has 1 saturated heterocycles. The van der Waals surface area contributed by atoms with Crippen molar-refractivity contribution in [3.63, 3.8) is 0 Å². The van der Waals surface area contributed by atoms with E-state index in [0.29, 0.717) is 25.9 Å². The van der Waals surface area contributed by atoms with Crippen molar-refractivity contribution in [1.82, 2.24) is 4.90 Å². The first-order chi connectivity index (χ1) is 9.57. The van der Waals surface area contributed by atoms with Gasteiger partial charge in [-0.1, -0.05) is 31.2 Å².